The molecule has 0 spiro atoms. The van der Waals surface area contributed by atoms with E-state index in [4.69, 9.17) is 9.47 Å². The Bertz CT molecular complexity index is 503. The van der Waals surface area contributed by atoms with Crippen LogP contribution in [0.15, 0.2) is 35.2 Å². The van der Waals surface area contributed by atoms with Gasteiger partial charge in [0, 0.05) is 20.2 Å². The molecule has 0 bridgehead atoms. The summed E-state index contributed by atoms with van der Waals surface area (Å²) >= 11 is 0. The minimum Gasteiger partial charge on any atom is -0.382 e. The Kier molecular flexibility index (Phi) is 5.54. The first-order valence-electron chi connectivity index (χ1n) is 6.80. The van der Waals surface area contributed by atoms with Crippen molar-refractivity contribution in [2.45, 2.75) is 23.8 Å². The summed E-state index contributed by atoms with van der Waals surface area (Å²) in [6.45, 7) is 2.00. The molecule has 0 amide bonds. The van der Waals surface area contributed by atoms with Gasteiger partial charge in [0.25, 0.3) is 0 Å². The molecule has 0 aromatic heterocycles. The van der Waals surface area contributed by atoms with Crippen LogP contribution in [0.1, 0.15) is 12.8 Å². The summed E-state index contributed by atoms with van der Waals surface area (Å²) in [6.07, 6.45) is 1.67. The zero-order chi connectivity index (χ0) is 14.4. The van der Waals surface area contributed by atoms with Crippen LogP contribution in [0.3, 0.4) is 0 Å². The number of rotatable bonds is 6. The molecule has 1 aromatic rings. The normalized spacial score (nSPS) is 20.9. The summed E-state index contributed by atoms with van der Waals surface area (Å²) in [5, 5.41) is 0. The standard InChI is InChI=1S/C14H21NO4S/c1-18-10-11-19-13-6-5-9-15(12-13)20(16,17)14-7-3-2-4-8-14/h2-4,7-8,13H,5-6,9-12H2,1H3. The third-order valence-electron chi connectivity index (χ3n) is 3.36. The van der Waals surface area contributed by atoms with Crippen LogP contribution in [-0.4, -0.2) is 52.2 Å². The van der Waals surface area contributed by atoms with Crippen LogP contribution in [0.5, 0.6) is 0 Å². The first-order chi connectivity index (χ1) is 9.64. The van der Waals surface area contributed by atoms with E-state index in [1.807, 2.05) is 6.07 Å². The number of nitrogens with zero attached hydrogens (tertiary/aromatic N) is 1. The quantitative estimate of drug-likeness (QED) is 0.747. The van der Waals surface area contributed by atoms with E-state index in [1.165, 1.54) is 4.31 Å². The minimum absolute atomic E-state index is 0.0441. The molecule has 1 aromatic carbocycles. The third kappa shape index (κ3) is 3.79. The van der Waals surface area contributed by atoms with Crippen molar-refractivity contribution in [3.63, 3.8) is 0 Å². The molecular formula is C14H21NO4S. The van der Waals surface area contributed by atoms with Crippen LogP contribution >= 0.6 is 0 Å². The fourth-order valence-electron chi connectivity index (χ4n) is 2.30. The van der Waals surface area contributed by atoms with Gasteiger partial charge in [-0.3, -0.25) is 0 Å². The van der Waals surface area contributed by atoms with Crippen molar-refractivity contribution in [2.75, 3.05) is 33.4 Å². The maximum Gasteiger partial charge on any atom is 0.243 e. The van der Waals surface area contributed by atoms with E-state index in [0.717, 1.165) is 12.8 Å². The lowest BCUT2D eigenvalue weighted by molar-refractivity contribution is -0.00652. The van der Waals surface area contributed by atoms with Crippen molar-refractivity contribution >= 4 is 10.0 Å². The Morgan fingerprint density at radius 3 is 2.70 bits per heavy atom. The van der Waals surface area contributed by atoms with Crippen LogP contribution < -0.4 is 0 Å². The number of methoxy groups -OCH3 is 1. The molecule has 1 fully saturated rings. The highest BCUT2D eigenvalue weighted by molar-refractivity contribution is 7.89. The van der Waals surface area contributed by atoms with Crippen molar-refractivity contribution in [3.8, 4) is 0 Å². The molecule has 1 unspecified atom stereocenters. The summed E-state index contributed by atoms with van der Waals surface area (Å²) in [4.78, 5) is 0.345. The molecule has 1 aliphatic heterocycles. The van der Waals surface area contributed by atoms with E-state index in [0.29, 0.717) is 31.2 Å². The Morgan fingerprint density at radius 2 is 2.00 bits per heavy atom. The lowest BCUT2D eigenvalue weighted by atomic mass is 10.1. The molecular weight excluding hydrogens is 278 g/mol. The van der Waals surface area contributed by atoms with Crippen LogP contribution in [-0.2, 0) is 19.5 Å². The van der Waals surface area contributed by atoms with Gasteiger partial charge in [0.2, 0.25) is 10.0 Å². The van der Waals surface area contributed by atoms with Gasteiger partial charge in [0.1, 0.15) is 0 Å². The first kappa shape index (κ1) is 15.4. The molecule has 6 heteroatoms. The number of ether oxygens (including phenoxy) is 2. The Balaban J connectivity index is 2.01. The maximum absolute atomic E-state index is 12.5. The number of benzene rings is 1. The average Bonchev–Trinajstić information content (AvgIpc) is 2.49. The summed E-state index contributed by atoms with van der Waals surface area (Å²) in [7, 11) is -1.78. The molecule has 1 aliphatic rings. The monoisotopic (exact) mass is 299 g/mol. The van der Waals surface area contributed by atoms with Crippen molar-refractivity contribution in [1.29, 1.82) is 0 Å². The average molecular weight is 299 g/mol. The molecule has 112 valence electrons. The molecule has 0 saturated carbocycles. The van der Waals surface area contributed by atoms with Crippen LogP contribution in [0.25, 0.3) is 0 Å². The van der Waals surface area contributed by atoms with Crippen LogP contribution in [0.4, 0.5) is 0 Å². The topological polar surface area (TPSA) is 55.8 Å². The van der Waals surface area contributed by atoms with Gasteiger partial charge >= 0.3 is 0 Å². The summed E-state index contributed by atoms with van der Waals surface area (Å²) in [5.74, 6) is 0. The molecule has 0 N–H and O–H groups in total. The van der Waals surface area contributed by atoms with Crippen LogP contribution in [0, 0.1) is 0 Å². The zero-order valence-electron chi connectivity index (χ0n) is 11.7. The molecule has 0 radical (unpaired) electrons. The molecule has 1 atom stereocenters. The predicted molar refractivity (Wildman–Crippen MR) is 76.1 cm³/mol. The van der Waals surface area contributed by atoms with E-state index in [1.54, 1.807) is 31.4 Å². The highest BCUT2D eigenvalue weighted by atomic mass is 32.2. The number of hydrogen-bond donors (Lipinski definition) is 0. The van der Waals surface area contributed by atoms with E-state index in [2.05, 4.69) is 0 Å². The largest absolute Gasteiger partial charge is 0.382 e. The van der Waals surface area contributed by atoms with Gasteiger partial charge in [-0.2, -0.15) is 4.31 Å². The molecule has 5 nitrogen and oxygen atoms in total. The predicted octanol–water partition coefficient (Wildman–Crippen LogP) is 1.50. The molecule has 0 aliphatic carbocycles. The smallest absolute Gasteiger partial charge is 0.243 e. The SMILES string of the molecule is COCCOC1CCCN(S(=O)(=O)c2ccccc2)C1. The Labute approximate surface area is 120 Å². The second kappa shape index (κ2) is 7.17. The molecule has 20 heavy (non-hydrogen) atoms. The minimum atomic E-state index is -3.40. The fraction of sp³-hybridized carbons (Fsp3) is 0.571. The second-order valence-electron chi connectivity index (χ2n) is 4.80. The van der Waals surface area contributed by atoms with Crippen molar-refractivity contribution in [2.24, 2.45) is 0 Å². The number of piperidine rings is 1. The van der Waals surface area contributed by atoms with Crippen molar-refractivity contribution in [3.05, 3.63) is 30.3 Å². The van der Waals surface area contributed by atoms with Crippen molar-refractivity contribution < 1.29 is 17.9 Å². The maximum atomic E-state index is 12.5. The molecule has 1 saturated heterocycles. The van der Waals surface area contributed by atoms with Gasteiger partial charge in [-0.15, -0.1) is 0 Å². The van der Waals surface area contributed by atoms with Gasteiger partial charge in [0.15, 0.2) is 0 Å². The van der Waals surface area contributed by atoms with Gasteiger partial charge in [-0.1, -0.05) is 18.2 Å². The third-order valence-corrected chi connectivity index (χ3v) is 5.24. The zero-order valence-corrected chi connectivity index (χ0v) is 12.5. The summed E-state index contributed by atoms with van der Waals surface area (Å²) in [6, 6.07) is 8.55. The fourth-order valence-corrected chi connectivity index (χ4v) is 3.83. The van der Waals surface area contributed by atoms with Crippen molar-refractivity contribution in [1.82, 2.24) is 4.31 Å². The molecule has 2 rings (SSSR count). The lowest BCUT2D eigenvalue weighted by Gasteiger charge is -2.31. The Morgan fingerprint density at radius 1 is 1.25 bits per heavy atom. The lowest BCUT2D eigenvalue weighted by Crippen LogP contribution is -2.43. The highest BCUT2D eigenvalue weighted by Crippen LogP contribution is 2.21. The molecule has 1 heterocycles. The van der Waals surface area contributed by atoms with Gasteiger partial charge in [0.05, 0.1) is 24.2 Å². The van der Waals surface area contributed by atoms with E-state index < -0.39 is 10.0 Å². The van der Waals surface area contributed by atoms with E-state index in [-0.39, 0.29) is 6.10 Å². The summed E-state index contributed by atoms with van der Waals surface area (Å²) < 4.78 is 37.1. The van der Waals surface area contributed by atoms with E-state index in [9.17, 15) is 8.42 Å². The first-order valence-corrected chi connectivity index (χ1v) is 8.24. The van der Waals surface area contributed by atoms with Gasteiger partial charge < -0.3 is 9.47 Å². The van der Waals surface area contributed by atoms with Gasteiger partial charge in [-0.05, 0) is 25.0 Å². The van der Waals surface area contributed by atoms with Crippen LogP contribution in [0.2, 0.25) is 0 Å². The summed E-state index contributed by atoms with van der Waals surface area (Å²) in [5.41, 5.74) is 0. The van der Waals surface area contributed by atoms with Gasteiger partial charge in [-0.25, -0.2) is 8.42 Å². The number of sulfonamides is 1. The number of hydrogen-bond acceptors (Lipinski definition) is 4. The van der Waals surface area contributed by atoms with E-state index >= 15 is 0 Å². The highest BCUT2D eigenvalue weighted by Gasteiger charge is 2.30. The Hall–Kier alpha value is -0.950. The second-order valence-corrected chi connectivity index (χ2v) is 6.74.